The lowest BCUT2D eigenvalue weighted by atomic mass is 9.96. The van der Waals surface area contributed by atoms with Gasteiger partial charge in [-0.3, -0.25) is 4.90 Å². The Morgan fingerprint density at radius 1 is 0.912 bits per heavy atom. The Bertz CT molecular complexity index is 1030. The Morgan fingerprint density at radius 3 is 2.03 bits per heavy atom. The fourth-order valence-electron chi connectivity index (χ4n) is 3.97. The molecule has 0 radical (unpaired) electrons. The van der Waals surface area contributed by atoms with Gasteiger partial charge in [0.05, 0.1) is 14.2 Å². The fraction of sp³-hybridized carbons (Fsp3) is 0.360. The molecule has 2 heterocycles. The number of rotatable bonds is 5. The molecule has 8 nitrogen and oxygen atoms in total. The number of nitrogens with zero attached hydrogens (tertiary/aromatic N) is 2. The van der Waals surface area contributed by atoms with Crippen LogP contribution in [0.3, 0.4) is 0 Å². The maximum Gasteiger partial charge on any atom is 0.328 e. The van der Waals surface area contributed by atoms with Crippen molar-refractivity contribution in [2.45, 2.75) is 22.3 Å². The van der Waals surface area contributed by atoms with Gasteiger partial charge in [0, 0.05) is 54.2 Å². The number of carbonyl (C=O) groups is 2. The van der Waals surface area contributed by atoms with Crippen LogP contribution in [0.4, 0.5) is 0 Å². The second-order valence-electron chi connectivity index (χ2n) is 8.05. The van der Waals surface area contributed by atoms with E-state index in [0.29, 0.717) is 18.2 Å². The van der Waals surface area contributed by atoms with Crippen molar-refractivity contribution in [3.05, 3.63) is 59.7 Å². The minimum absolute atomic E-state index is 0.409. The molecule has 182 valence electrons. The van der Waals surface area contributed by atoms with Gasteiger partial charge in [0.15, 0.2) is 0 Å². The van der Waals surface area contributed by atoms with Gasteiger partial charge in [0.1, 0.15) is 11.5 Å². The first kappa shape index (κ1) is 25.6. The van der Waals surface area contributed by atoms with Gasteiger partial charge in [-0.1, -0.05) is 23.9 Å². The van der Waals surface area contributed by atoms with E-state index in [-0.39, 0.29) is 0 Å². The summed E-state index contributed by atoms with van der Waals surface area (Å²) >= 11 is 1.83. The second-order valence-corrected chi connectivity index (χ2v) is 9.13. The third-order valence-corrected chi connectivity index (χ3v) is 7.01. The zero-order valence-electron chi connectivity index (χ0n) is 19.6. The van der Waals surface area contributed by atoms with Gasteiger partial charge >= 0.3 is 11.9 Å². The number of hydrogen-bond donors (Lipinski definition) is 2. The number of fused-ring (bicyclic) bond motifs is 2. The molecule has 2 aliphatic heterocycles. The molecule has 0 spiro atoms. The SMILES string of the molecule is COc1ccc2c(c1)Sc1cc(OC)ccc1C(N1CCN(C)CC1)C2.O=C(O)C=CC(=O)O. The zero-order valence-corrected chi connectivity index (χ0v) is 20.4. The molecule has 0 aliphatic carbocycles. The topological polar surface area (TPSA) is 99.5 Å². The van der Waals surface area contributed by atoms with Crippen molar-refractivity contribution in [1.29, 1.82) is 0 Å². The summed E-state index contributed by atoms with van der Waals surface area (Å²) in [5.74, 6) is -0.682. The van der Waals surface area contributed by atoms with Crippen molar-refractivity contribution in [3.8, 4) is 11.5 Å². The molecular weight excluding hydrogens is 456 g/mol. The summed E-state index contributed by atoms with van der Waals surface area (Å²) in [6.07, 6.45) is 2.15. The minimum Gasteiger partial charge on any atom is -0.497 e. The summed E-state index contributed by atoms with van der Waals surface area (Å²) < 4.78 is 10.9. The van der Waals surface area contributed by atoms with E-state index in [1.54, 1.807) is 14.2 Å². The molecule has 0 bridgehead atoms. The first-order valence-corrected chi connectivity index (χ1v) is 11.7. The molecule has 9 heteroatoms. The van der Waals surface area contributed by atoms with Crippen LogP contribution >= 0.6 is 11.8 Å². The smallest absolute Gasteiger partial charge is 0.328 e. The number of hydrogen-bond acceptors (Lipinski definition) is 7. The number of benzene rings is 2. The highest BCUT2D eigenvalue weighted by molar-refractivity contribution is 7.99. The number of methoxy groups -OCH3 is 2. The average molecular weight is 487 g/mol. The van der Waals surface area contributed by atoms with Gasteiger partial charge in [-0.2, -0.15) is 0 Å². The van der Waals surface area contributed by atoms with Crippen molar-refractivity contribution >= 4 is 23.7 Å². The van der Waals surface area contributed by atoms with E-state index in [2.05, 4.69) is 53.2 Å². The van der Waals surface area contributed by atoms with Crippen molar-refractivity contribution in [2.75, 3.05) is 47.4 Å². The average Bonchev–Trinajstić information content (AvgIpc) is 2.99. The molecule has 34 heavy (non-hydrogen) atoms. The molecule has 2 aromatic rings. The molecular formula is C25H30N2O6S. The standard InChI is InChI=1S/C21H26N2O2S.C4H4O4/c1-22-8-10-23(11-9-22)19-12-15-4-5-16(24-2)13-20(15)26-21-14-17(25-3)6-7-18(19)21;5-3(6)1-2-4(7)8/h4-7,13-14,19H,8-12H2,1-3H3;1-2H,(H,5,6)(H,7,8). The zero-order chi connectivity index (χ0) is 24.7. The summed E-state index contributed by atoms with van der Waals surface area (Å²) in [4.78, 5) is 26.7. The number of likely N-dealkylation sites (N-methyl/N-ethyl adjacent to an activating group) is 1. The van der Waals surface area contributed by atoms with Gasteiger partial charge in [-0.05, 0) is 48.9 Å². The normalized spacial score (nSPS) is 18.1. The molecule has 1 fully saturated rings. The fourth-order valence-corrected chi connectivity index (χ4v) is 5.16. The Balaban J connectivity index is 0.000000350. The van der Waals surface area contributed by atoms with Gasteiger partial charge in [-0.25, -0.2) is 9.59 Å². The lowest BCUT2D eigenvalue weighted by Crippen LogP contribution is -2.46. The van der Waals surface area contributed by atoms with Crippen LogP contribution < -0.4 is 9.47 Å². The first-order valence-electron chi connectivity index (χ1n) is 10.9. The molecule has 4 rings (SSSR count). The first-order chi connectivity index (χ1) is 16.3. The predicted molar refractivity (Wildman–Crippen MR) is 130 cm³/mol. The van der Waals surface area contributed by atoms with Gasteiger partial charge < -0.3 is 24.6 Å². The largest absolute Gasteiger partial charge is 0.497 e. The number of carboxylic acid groups (broad SMARTS) is 2. The van der Waals surface area contributed by atoms with Crippen molar-refractivity contribution in [2.24, 2.45) is 0 Å². The van der Waals surface area contributed by atoms with Crippen molar-refractivity contribution < 1.29 is 29.3 Å². The lowest BCUT2D eigenvalue weighted by molar-refractivity contribution is -0.134. The lowest BCUT2D eigenvalue weighted by Gasteiger charge is -2.38. The molecule has 1 atom stereocenters. The minimum atomic E-state index is -1.26. The van der Waals surface area contributed by atoms with E-state index >= 15 is 0 Å². The van der Waals surface area contributed by atoms with Crippen molar-refractivity contribution in [1.82, 2.24) is 9.80 Å². The van der Waals surface area contributed by atoms with Crippen LogP contribution in [0.5, 0.6) is 11.5 Å². The monoisotopic (exact) mass is 486 g/mol. The van der Waals surface area contributed by atoms with E-state index in [1.165, 1.54) is 20.9 Å². The highest BCUT2D eigenvalue weighted by Crippen LogP contribution is 2.45. The quantitative estimate of drug-likeness (QED) is 0.616. The van der Waals surface area contributed by atoms with E-state index in [9.17, 15) is 9.59 Å². The second kappa shape index (κ2) is 11.9. The van der Waals surface area contributed by atoms with Crippen LogP contribution in [-0.2, 0) is 16.0 Å². The molecule has 1 unspecified atom stereocenters. The molecule has 2 aliphatic rings. The predicted octanol–water partition coefficient (Wildman–Crippen LogP) is 3.41. The molecule has 0 saturated carbocycles. The maximum absolute atomic E-state index is 9.55. The number of aliphatic carboxylic acids is 2. The highest BCUT2D eigenvalue weighted by atomic mass is 32.2. The molecule has 0 aromatic heterocycles. The van der Waals surface area contributed by atoms with Crippen LogP contribution in [0.2, 0.25) is 0 Å². The Morgan fingerprint density at radius 2 is 1.47 bits per heavy atom. The maximum atomic E-state index is 9.55. The van der Waals surface area contributed by atoms with E-state index < -0.39 is 11.9 Å². The molecule has 2 aromatic carbocycles. The highest BCUT2D eigenvalue weighted by Gasteiger charge is 2.29. The summed E-state index contributed by atoms with van der Waals surface area (Å²) in [7, 11) is 5.67. The van der Waals surface area contributed by atoms with Gasteiger partial charge in [0.2, 0.25) is 0 Å². The number of ether oxygens (including phenoxy) is 2. The summed E-state index contributed by atoms with van der Waals surface area (Å²) in [5, 5.41) is 15.6. The Labute approximate surface area is 203 Å². The van der Waals surface area contributed by atoms with Crippen LogP contribution in [0, 0.1) is 0 Å². The van der Waals surface area contributed by atoms with Crippen LogP contribution in [0.25, 0.3) is 0 Å². The summed E-state index contributed by atoms with van der Waals surface area (Å²) in [6, 6.07) is 13.4. The van der Waals surface area contributed by atoms with Gasteiger partial charge in [0.25, 0.3) is 0 Å². The van der Waals surface area contributed by atoms with E-state index in [1.807, 2.05) is 11.8 Å². The number of carboxylic acids is 2. The van der Waals surface area contributed by atoms with Crippen LogP contribution in [0.15, 0.2) is 58.3 Å². The third-order valence-electron chi connectivity index (χ3n) is 5.83. The van der Waals surface area contributed by atoms with E-state index in [0.717, 1.165) is 44.1 Å². The number of piperazine rings is 1. The summed E-state index contributed by atoms with van der Waals surface area (Å²) in [5.41, 5.74) is 2.81. The van der Waals surface area contributed by atoms with E-state index in [4.69, 9.17) is 19.7 Å². The third kappa shape index (κ3) is 6.75. The van der Waals surface area contributed by atoms with Gasteiger partial charge in [-0.15, -0.1) is 0 Å². The van der Waals surface area contributed by atoms with Crippen LogP contribution in [-0.4, -0.2) is 79.4 Å². The Hall–Kier alpha value is -3.01. The van der Waals surface area contributed by atoms with Crippen molar-refractivity contribution in [3.63, 3.8) is 0 Å². The molecule has 2 N–H and O–H groups in total. The Kier molecular flexibility index (Phi) is 8.98. The van der Waals surface area contributed by atoms with Crippen LogP contribution in [0.1, 0.15) is 17.2 Å². The molecule has 1 saturated heterocycles. The summed E-state index contributed by atoms with van der Waals surface area (Å²) in [6.45, 7) is 4.49. The molecule has 0 amide bonds.